The fourth-order valence-corrected chi connectivity index (χ4v) is 1.56. The van der Waals surface area contributed by atoms with E-state index in [0.717, 1.165) is 6.42 Å². The maximum atomic E-state index is 2.24. The van der Waals surface area contributed by atoms with Crippen LogP contribution >= 0.6 is 0 Å². The Morgan fingerprint density at radius 2 is 1.71 bits per heavy atom. The summed E-state index contributed by atoms with van der Waals surface area (Å²) >= 11 is 0. The van der Waals surface area contributed by atoms with Crippen molar-refractivity contribution in [3.8, 4) is 0 Å². The zero-order chi connectivity index (χ0) is 9.64. The monoisotopic (exact) mass is 182 g/mol. The van der Waals surface area contributed by atoms with E-state index in [1.807, 2.05) is 6.07 Å². The first-order chi connectivity index (χ1) is 6.95. The van der Waals surface area contributed by atoms with Crippen LogP contribution in [-0.2, 0) is 0 Å². The Kier molecular flexibility index (Phi) is 2.97. The molecule has 0 aliphatic heterocycles. The van der Waals surface area contributed by atoms with E-state index < -0.39 is 0 Å². The van der Waals surface area contributed by atoms with E-state index >= 15 is 0 Å². The Hall–Kier alpha value is -1.56. The van der Waals surface area contributed by atoms with Gasteiger partial charge in [0.25, 0.3) is 0 Å². The molecule has 0 heteroatoms. The minimum absolute atomic E-state index is 0.606. The summed E-state index contributed by atoms with van der Waals surface area (Å²) in [6.07, 6.45) is 14.2. The van der Waals surface area contributed by atoms with Crippen molar-refractivity contribution >= 4 is 6.08 Å². The smallest absolute Gasteiger partial charge is 0.00126 e. The number of hydrogen-bond donors (Lipinski definition) is 0. The molecule has 0 saturated heterocycles. The van der Waals surface area contributed by atoms with Gasteiger partial charge in [-0.25, -0.2) is 0 Å². The SMILES string of the molecule is C1=CC(C/C=C/c2ccccc2)C=C1. The zero-order valence-electron chi connectivity index (χ0n) is 8.14. The second-order valence-electron chi connectivity index (χ2n) is 3.48. The molecule has 1 aliphatic rings. The van der Waals surface area contributed by atoms with Gasteiger partial charge >= 0.3 is 0 Å². The summed E-state index contributed by atoms with van der Waals surface area (Å²) in [5, 5.41) is 0. The normalized spacial score (nSPS) is 15.7. The molecule has 1 aliphatic carbocycles. The van der Waals surface area contributed by atoms with E-state index in [4.69, 9.17) is 0 Å². The topological polar surface area (TPSA) is 0 Å². The maximum absolute atomic E-state index is 2.24. The van der Waals surface area contributed by atoms with Crippen molar-refractivity contribution in [2.75, 3.05) is 0 Å². The molecule has 0 aromatic heterocycles. The average molecular weight is 182 g/mol. The van der Waals surface area contributed by atoms with Crippen LogP contribution in [0.3, 0.4) is 0 Å². The van der Waals surface area contributed by atoms with Crippen LogP contribution < -0.4 is 0 Å². The fourth-order valence-electron chi connectivity index (χ4n) is 1.56. The lowest BCUT2D eigenvalue weighted by molar-refractivity contribution is 0.847. The molecule has 0 unspecified atom stereocenters. The van der Waals surface area contributed by atoms with Gasteiger partial charge in [-0.05, 0) is 17.9 Å². The molecular weight excluding hydrogens is 168 g/mol. The molecular formula is C14H14. The minimum Gasteiger partial charge on any atom is -0.0830 e. The van der Waals surface area contributed by atoms with Gasteiger partial charge in [-0.2, -0.15) is 0 Å². The Morgan fingerprint density at radius 1 is 1.00 bits per heavy atom. The van der Waals surface area contributed by atoms with Crippen molar-refractivity contribution in [1.82, 2.24) is 0 Å². The van der Waals surface area contributed by atoms with Crippen LogP contribution in [0.5, 0.6) is 0 Å². The third-order valence-corrected chi connectivity index (χ3v) is 2.35. The van der Waals surface area contributed by atoms with Gasteiger partial charge in [0.1, 0.15) is 0 Å². The largest absolute Gasteiger partial charge is 0.0830 e. The molecule has 1 aromatic rings. The molecule has 70 valence electrons. The minimum atomic E-state index is 0.606. The Balaban J connectivity index is 1.89. The molecule has 0 fully saturated rings. The van der Waals surface area contributed by atoms with Gasteiger partial charge < -0.3 is 0 Å². The molecule has 0 bridgehead atoms. The van der Waals surface area contributed by atoms with Gasteiger partial charge in [-0.15, -0.1) is 0 Å². The zero-order valence-corrected chi connectivity index (χ0v) is 8.14. The van der Waals surface area contributed by atoms with Crippen molar-refractivity contribution in [3.05, 3.63) is 66.3 Å². The molecule has 14 heavy (non-hydrogen) atoms. The van der Waals surface area contributed by atoms with Gasteiger partial charge in [0.2, 0.25) is 0 Å². The highest BCUT2D eigenvalue weighted by molar-refractivity contribution is 5.48. The molecule has 0 saturated carbocycles. The van der Waals surface area contributed by atoms with E-state index in [1.54, 1.807) is 0 Å². The summed E-state index contributed by atoms with van der Waals surface area (Å²) in [5.74, 6) is 0.606. The summed E-state index contributed by atoms with van der Waals surface area (Å²) in [5.41, 5.74) is 1.28. The highest BCUT2D eigenvalue weighted by Crippen LogP contribution is 2.14. The molecule has 1 aromatic carbocycles. The van der Waals surface area contributed by atoms with Gasteiger partial charge in [0.15, 0.2) is 0 Å². The van der Waals surface area contributed by atoms with Crippen molar-refractivity contribution < 1.29 is 0 Å². The summed E-state index contributed by atoms with van der Waals surface area (Å²) in [6.45, 7) is 0. The third kappa shape index (κ3) is 2.46. The summed E-state index contributed by atoms with van der Waals surface area (Å²) in [7, 11) is 0. The molecule has 0 spiro atoms. The molecule has 0 radical (unpaired) electrons. The number of benzene rings is 1. The van der Waals surface area contributed by atoms with E-state index in [0.29, 0.717) is 5.92 Å². The summed E-state index contributed by atoms with van der Waals surface area (Å²) in [6, 6.07) is 10.4. The lowest BCUT2D eigenvalue weighted by Gasteiger charge is -1.98. The molecule has 0 atom stereocenters. The Bertz CT molecular complexity index is 343. The summed E-state index contributed by atoms with van der Waals surface area (Å²) in [4.78, 5) is 0. The van der Waals surface area contributed by atoms with Crippen molar-refractivity contribution in [1.29, 1.82) is 0 Å². The van der Waals surface area contributed by atoms with Gasteiger partial charge in [0.05, 0.1) is 0 Å². The molecule has 2 rings (SSSR count). The van der Waals surface area contributed by atoms with Gasteiger partial charge in [-0.3, -0.25) is 0 Å². The first-order valence-electron chi connectivity index (χ1n) is 5.02. The number of hydrogen-bond acceptors (Lipinski definition) is 0. The quantitative estimate of drug-likeness (QED) is 0.666. The lowest BCUT2D eigenvalue weighted by Crippen LogP contribution is -1.84. The van der Waals surface area contributed by atoms with Crippen LogP contribution in [0.4, 0.5) is 0 Å². The molecule has 0 amide bonds. The maximum Gasteiger partial charge on any atom is -0.00126 e. The van der Waals surface area contributed by atoms with Crippen LogP contribution in [0.25, 0.3) is 6.08 Å². The fraction of sp³-hybridized carbons (Fsp3) is 0.143. The highest BCUT2D eigenvalue weighted by atomic mass is 14.0. The van der Waals surface area contributed by atoms with Crippen LogP contribution in [0.2, 0.25) is 0 Å². The standard InChI is InChI=1S/C14H14/c1-2-7-13(8-3-1)11-6-12-14-9-4-5-10-14/h1-11,14H,12H2/b11-6+. The second-order valence-corrected chi connectivity index (χ2v) is 3.48. The van der Waals surface area contributed by atoms with Crippen molar-refractivity contribution in [2.24, 2.45) is 5.92 Å². The predicted molar refractivity (Wildman–Crippen MR) is 61.9 cm³/mol. The first kappa shape index (κ1) is 9.01. The summed E-state index contributed by atoms with van der Waals surface area (Å²) < 4.78 is 0. The van der Waals surface area contributed by atoms with E-state index in [1.165, 1.54) is 5.56 Å². The molecule has 0 heterocycles. The van der Waals surface area contributed by atoms with Crippen LogP contribution in [0, 0.1) is 5.92 Å². The van der Waals surface area contributed by atoms with Crippen molar-refractivity contribution in [2.45, 2.75) is 6.42 Å². The van der Waals surface area contributed by atoms with Crippen LogP contribution in [0.15, 0.2) is 60.7 Å². The average Bonchev–Trinajstić information content (AvgIpc) is 2.72. The first-order valence-corrected chi connectivity index (χ1v) is 5.02. The Morgan fingerprint density at radius 3 is 2.43 bits per heavy atom. The van der Waals surface area contributed by atoms with E-state index in [9.17, 15) is 0 Å². The molecule has 0 N–H and O–H groups in total. The molecule has 0 nitrogen and oxygen atoms in total. The number of rotatable bonds is 3. The van der Waals surface area contributed by atoms with Gasteiger partial charge in [0, 0.05) is 0 Å². The van der Waals surface area contributed by atoms with E-state index in [-0.39, 0.29) is 0 Å². The Labute approximate surface area is 85.3 Å². The predicted octanol–water partition coefficient (Wildman–Crippen LogP) is 3.83. The van der Waals surface area contributed by atoms with Crippen LogP contribution in [-0.4, -0.2) is 0 Å². The second kappa shape index (κ2) is 4.61. The third-order valence-electron chi connectivity index (χ3n) is 2.35. The van der Waals surface area contributed by atoms with E-state index in [2.05, 4.69) is 60.7 Å². The number of allylic oxidation sites excluding steroid dienone is 5. The van der Waals surface area contributed by atoms with Crippen LogP contribution in [0.1, 0.15) is 12.0 Å². The lowest BCUT2D eigenvalue weighted by atomic mass is 10.1. The van der Waals surface area contributed by atoms with Gasteiger partial charge in [-0.1, -0.05) is 66.8 Å². The highest BCUT2D eigenvalue weighted by Gasteiger charge is 1.99. The van der Waals surface area contributed by atoms with Crippen molar-refractivity contribution in [3.63, 3.8) is 0 Å².